The molecule has 6 nitrogen and oxygen atoms in total. The molecule has 1 aromatic rings. The normalized spacial score (nSPS) is 25.7. The molecule has 1 aromatic heterocycles. The molecule has 4 aliphatic rings. The first kappa shape index (κ1) is 21.4. The second-order valence-electron chi connectivity index (χ2n) is 10.0. The average molecular weight is 447 g/mol. The first-order chi connectivity index (χ1) is 15.1. The average Bonchev–Trinajstić information content (AvgIpc) is 3.29. The van der Waals surface area contributed by atoms with E-state index in [1.165, 1.54) is 24.2 Å². The monoisotopic (exact) mass is 446 g/mol. The number of hydrogen-bond donors (Lipinski definition) is 0. The number of nitrogens with zero attached hydrogens (tertiary/aromatic N) is 2. The van der Waals surface area contributed by atoms with E-state index in [9.17, 15) is 9.59 Å². The maximum Gasteiger partial charge on any atom is 0.263 e. The van der Waals surface area contributed by atoms with Gasteiger partial charge in [0.25, 0.3) is 11.8 Å². The third kappa shape index (κ3) is 4.41. The largest absolute Gasteiger partial charge is 0.381 e. The fourth-order valence-corrected chi connectivity index (χ4v) is 7.01. The molecule has 0 atom stereocenters. The third-order valence-electron chi connectivity index (χ3n) is 8.03. The summed E-state index contributed by atoms with van der Waals surface area (Å²) in [7, 11) is 0. The lowest BCUT2D eigenvalue weighted by atomic mass is 9.74. The maximum absolute atomic E-state index is 13.2. The van der Waals surface area contributed by atoms with E-state index in [1.54, 1.807) is 0 Å². The summed E-state index contributed by atoms with van der Waals surface area (Å²) in [5.41, 5.74) is 0.460. The number of carbonyl (C=O) groups excluding carboxylic acids is 2. The van der Waals surface area contributed by atoms with E-state index in [0.29, 0.717) is 9.75 Å². The summed E-state index contributed by atoms with van der Waals surface area (Å²) in [5.74, 6) is 0.184. The van der Waals surface area contributed by atoms with Crippen molar-refractivity contribution in [3.8, 4) is 0 Å². The molecule has 170 valence electrons. The molecule has 0 N–H and O–H groups in total. The van der Waals surface area contributed by atoms with Gasteiger partial charge in [-0.2, -0.15) is 0 Å². The summed E-state index contributed by atoms with van der Waals surface area (Å²) < 4.78 is 11.1. The van der Waals surface area contributed by atoms with Crippen molar-refractivity contribution >= 4 is 23.2 Å². The van der Waals surface area contributed by atoms with Gasteiger partial charge in [-0.1, -0.05) is 0 Å². The second-order valence-corrected chi connectivity index (χ2v) is 11.1. The summed E-state index contributed by atoms with van der Waals surface area (Å²) in [6.45, 7) is 6.53. The molecular weight excluding hydrogens is 412 g/mol. The lowest BCUT2D eigenvalue weighted by Gasteiger charge is -2.45. The Hall–Kier alpha value is -1.44. The molecule has 2 spiro atoms. The highest BCUT2D eigenvalue weighted by Gasteiger charge is 2.40. The van der Waals surface area contributed by atoms with Crippen molar-refractivity contribution in [2.24, 2.45) is 10.8 Å². The van der Waals surface area contributed by atoms with Crippen LogP contribution in [0.15, 0.2) is 12.1 Å². The van der Waals surface area contributed by atoms with Crippen LogP contribution in [-0.2, 0) is 9.47 Å². The van der Waals surface area contributed by atoms with E-state index in [2.05, 4.69) is 0 Å². The third-order valence-corrected chi connectivity index (χ3v) is 9.09. The quantitative estimate of drug-likeness (QED) is 0.693. The molecule has 4 saturated heterocycles. The molecule has 4 fully saturated rings. The highest BCUT2D eigenvalue weighted by molar-refractivity contribution is 7.15. The van der Waals surface area contributed by atoms with Gasteiger partial charge in [-0.25, -0.2) is 0 Å². The molecule has 7 heteroatoms. The van der Waals surface area contributed by atoms with Gasteiger partial charge in [-0.3, -0.25) is 9.59 Å². The van der Waals surface area contributed by atoms with Gasteiger partial charge in [0.15, 0.2) is 0 Å². The lowest BCUT2D eigenvalue weighted by Crippen LogP contribution is -2.48. The van der Waals surface area contributed by atoms with Crippen molar-refractivity contribution in [3.05, 3.63) is 21.9 Å². The standard InChI is InChI=1S/C24H34N2O4S/c27-21(25-11-1-5-23(17-25)7-13-29-14-8-23)19-3-4-20(31-19)22(28)26-12-2-6-24(18-26)9-15-30-16-10-24/h3-4H,1-2,5-18H2. The number of hydrogen-bond acceptors (Lipinski definition) is 5. The summed E-state index contributed by atoms with van der Waals surface area (Å²) in [4.78, 5) is 31.9. The van der Waals surface area contributed by atoms with Gasteiger partial charge < -0.3 is 19.3 Å². The Balaban J connectivity index is 1.25. The summed E-state index contributed by atoms with van der Waals surface area (Å²) >= 11 is 1.37. The van der Waals surface area contributed by atoms with Gasteiger partial charge in [0.05, 0.1) is 9.75 Å². The van der Waals surface area contributed by atoms with Gasteiger partial charge >= 0.3 is 0 Å². The second kappa shape index (κ2) is 8.83. The van der Waals surface area contributed by atoms with Crippen LogP contribution in [0.1, 0.15) is 70.7 Å². The van der Waals surface area contributed by atoms with E-state index >= 15 is 0 Å². The van der Waals surface area contributed by atoms with Crippen LogP contribution in [0.5, 0.6) is 0 Å². The fourth-order valence-electron chi connectivity index (χ4n) is 6.07. The topological polar surface area (TPSA) is 59.1 Å². The van der Waals surface area contributed by atoms with Crippen molar-refractivity contribution in [2.45, 2.75) is 51.4 Å². The van der Waals surface area contributed by atoms with Crippen LogP contribution in [-0.4, -0.2) is 74.2 Å². The Kier molecular flexibility index (Phi) is 6.10. The molecule has 0 unspecified atom stereocenters. The Morgan fingerprint density at radius 2 is 1.13 bits per heavy atom. The van der Waals surface area contributed by atoms with E-state index in [-0.39, 0.29) is 22.6 Å². The fraction of sp³-hybridized carbons (Fsp3) is 0.750. The summed E-state index contributed by atoms with van der Waals surface area (Å²) in [5, 5.41) is 0. The molecule has 2 amide bonds. The number of thiophene rings is 1. The number of amides is 2. The number of rotatable bonds is 2. The van der Waals surface area contributed by atoms with Crippen molar-refractivity contribution in [1.29, 1.82) is 0 Å². The first-order valence-corrected chi connectivity index (χ1v) is 12.7. The number of ether oxygens (including phenoxy) is 2. The Morgan fingerprint density at radius 1 is 0.710 bits per heavy atom. The first-order valence-electron chi connectivity index (χ1n) is 11.9. The molecule has 4 aliphatic heterocycles. The minimum Gasteiger partial charge on any atom is -0.381 e. The van der Waals surface area contributed by atoms with Crippen LogP contribution < -0.4 is 0 Å². The number of piperidine rings is 2. The number of carbonyl (C=O) groups is 2. The zero-order chi connectivity index (χ0) is 21.3. The molecule has 5 rings (SSSR count). The van der Waals surface area contributed by atoms with Gasteiger partial charge in [-0.05, 0) is 74.3 Å². The van der Waals surface area contributed by atoms with Gasteiger partial charge in [0, 0.05) is 52.6 Å². The van der Waals surface area contributed by atoms with Crippen LogP contribution in [0.25, 0.3) is 0 Å². The Morgan fingerprint density at radius 3 is 1.55 bits per heavy atom. The van der Waals surface area contributed by atoms with Gasteiger partial charge in [-0.15, -0.1) is 11.3 Å². The zero-order valence-electron chi connectivity index (χ0n) is 18.4. The predicted molar refractivity (Wildman–Crippen MR) is 120 cm³/mol. The highest BCUT2D eigenvalue weighted by atomic mass is 32.1. The molecule has 0 saturated carbocycles. The van der Waals surface area contributed by atoms with E-state index < -0.39 is 0 Å². The van der Waals surface area contributed by atoms with Crippen LogP contribution in [0.4, 0.5) is 0 Å². The Bertz CT molecular complexity index is 735. The van der Waals surface area contributed by atoms with Crippen molar-refractivity contribution in [2.75, 3.05) is 52.6 Å². The molecular formula is C24H34N2O4S. The molecule has 31 heavy (non-hydrogen) atoms. The minimum absolute atomic E-state index is 0.0918. The summed E-state index contributed by atoms with van der Waals surface area (Å²) in [6, 6.07) is 3.72. The Labute approximate surface area is 188 Å². The van der Waals surface area contributed by atoms with E-state index in [1.807, 2.05) is 21.9 Å². The minimum atomic E-state index is 0.0918. The molecule has 0 aromatic carbocycles. The van der Waals surface area contributed by atoms with Crippen LogP contribution in [0.2, 0.25) is 0 Å². The molecule has 5 heterocycles. The SMILES string of the molecule is O=C(c1ccc(C(=O)N2CCCC3(CCOCC3)C2)s1)N1CCCC2(CCOCC2)C1. The smallest absolute Gasteiger partial charge is 0.263 e. The lowest BCUT2D eigenvalue weighted by molar-refractivity contribution is -0.0229. The van der Waals surface area contributed by atoms with E-state index in [0.717, 1.165) is 91.1 Å². The molecule has 0 radical (unpaired) electrons. The molecule has 0 bridgehead atoms. The maximum atomic E-state index is 13.2. The predicted octanol–water partition coefficient (Wildman–Crippen LogP) is 3.81. The van der Waals surface area contributed by atoms with Crippen molar-refractivity contribution in [1.82, 2.24) is 9.80 Å². The summed E-state index contributed by atoms with van der Waals surface area (Å²) in [6.07, 6.45) is 8.69. The van der Waals surface area contributed by atoms with Crippen LogP contribution >= 0.6 is 11.3 Å². The van der Waals surface area contributed by atoms with Crippen LogP contribution in [0.3, 0.4) is 0 Å². The number of likely N-dealkylation sites (tertiary alicyclic amines) is 2. The van der Waals surface area contributed by atoms with Crippen molar-refractivity contribution in [3.63, 3.8) is 0 Å². The van der Waals surface area contributed by atoms with Gasteiger partial charge in [0.1, 0.15) is 0 Å². The van der Waals surface area contributed by atoms with Crippen LogP contribution in [0, 0.1) is 10.8 Å². The van der Waals surface area contributed by atoms with Gasteiger partial charge in [0.2, 0.25) is 0 Å². The molecule has 0 aliphatic carbocycles. The van der Waals surface area contributed by atoms with Crippen molar-refractivity contribution < 1.29 is 19.1 Å². The highest BCUT2D eigenvalue weighted by Crippen LogP contribution is 2.41. The zero-order valence-corrected chi connectivity index (χ0v) is 19.2. The van der Waals surface area contributed by atoms with E-state index in [4.69, 9.17) is 9.47 Å².